The fraction of sp³-hybridized carbons (Fsp3) is 0.643. The summed E-state index contributed by atoms with van der Waals surface area (Å²) in [6.07, 6.45) is 0.149. The molecule has 0 aliphatic carbocycles. The van der Waals surface area contributed by atoms with E-state index in [0.29, 0.717) is 6.42 Å². The summed E-state index contributed by atoms with van der Waals surface area (Å²) in [7, 11) is 0. The average molecular weight is 309 g/mol. The summed E-state index contributed by atoms with van der Waals surface area (Å²) in [6.45, 7) is 1.67. The van der Waals surface area contributed by atoms with E-state index >= 15 is 0 Å². The van der Waals surface area contributed by atoms with Gasteiger partial charge in [0.25, 0.3) is 5.56 Å². The number of ether oxygens (including phenoxy) is 1. The molecule has 8 nitrogen and oxygen atoms in total. The summed E-state index contributed by atoms with van der Waals surface area (Å²) in [5, 5.41) is 22.7. The van der Waals surface area contributed by atoms with Crippen LogP contribution in [0.15, 0.2) is 9.59 Å². The van der Waals surface area contributed by atoms with Gasteiger partial charge in [-0.05, 0) is 12.3 Å². The van der Waals surface area contributed by atoms with Crippen molar-refractivity contribution in [2.75, 3.05) is 6.61 Å². The van der Waals surface area contributed by atoms with Gasteiger partial charge in [0.2, 0.25) is 0 Å². The lowest BCUT2D eigenvalue weighted by Crippen LogP contribution is -2.36. The van der Waals surface area contributed by atoms with Crippen LogP contribution in [0.25, 0.3) is 0 Å². The Balaban J connectivity index is 2.27. The Hall–Kier alpha value is -1.95. The molecule has 1 aromatic rings. The monoisotopic (exact) mass is 309 g/mol. The van der Waals surface area contributed by atoms with E-state index in [1.807, 2.05) is 6.92 Å². The number of nitrogens with zero attached hydrogens (tertiary/aromatic N) is 2. The van der Waals surface area contributed by atoms with E-state index in [9.17, 15) is 14.7 Å². The average Bonchev–Trinajstić information content (AvgIpc) is 2.86. The van der Waals surface area contributed by atoms with E-state index in [4.69, 9.17) is 9.84 Å². The fourth-order valence-electron chi connectivity index (χ4n) is 2.13. The van der Waals surface area contributed by atoms with Crippen molar-refractivity contribution >= 4 is 0 Å². The maximum Gasteiger partial charge on any atom is 0.347 e. The fourth-order valence-corrected chi connectivity index (χ4v) is 2.13. The minimum atomic E-state index is -0.894. The summed E-state index contributed by atoms with van der Waals surface area (Å²) in [4.78, 5) is 25.7. The van der Waals surface area contributed by atoms with Crippen LogP contribution in [-0.2, 0) is 4.74 Å². The van der Waals surface area contributed by atoms with Crippen LogP contribution < -0.4 is 11.2 Å². The zero-order chi connectivity index (χ0) is 16.1. The van der Waals surface area contributed by atoms with E-state index < -0.39 is 29.7 Å². The van der Waals surface area contributed by atoms with Gasteiger partial charge in [0.05, 0.1) is 12.7 Å². The lowest BCUT2D eigenvalue weighted by Gasteiger charge is -2.12. The van der Waals surface area contributed by atoms with Gasteiger partial charge in [-0.15, -0.1) is 0 Å². The second-order valence-electron chi connectivity index (χ2n) is 5.07. The highest BCUT2D eigenvalue weighted by Crippen LogP contribution is 2.26. The number of unbranched alkanes of at least 4 members (excludes halogenated alkanes) is 2. The topological polar surface area (TPSA) is 117 Å². The Kier molecular flexibility index (Phi) is 5.49. The van der Waals surface area contributed by atoms with Crippen molar-refractivity contribution in [3.63, 3.8) is 0 Å². The molecule has 2 heterocycles. The van der Waals surface area contributed by atoms with Gasteiger partial charge < -0.3 is 14.9 Å². The molecule has 0 aromatic carbocycles. The molecular formula is C14H19N3O5. The van der Waals surface area contributed by atoms with E-state index in [0.717, 1.165) is 17.5 Å². The second-order valence-corrected chi connectivity index (χ2v) is 5.07. The Bertz CT molecular complexity index is 684. The highest BCUT2D eigenvalue weighted by Gasteiger charge is 2.35. The van der Waals surface area contributed by atoms with Crippen molar-refractivity contribution in [2.45, 2.75) is 51.0 Å². The predicted octanol–water partition coefficient (Wildman–Crippen LogP) is -0.886. The Morgan fingerprint density at radius 3 is 2.91 bits per heavy atom. The van der Waals surface area contributed by atoms with Crippen LogP contribution >= 0.6 is 0 Å². The van der Waals surface area contributed by atoms with E-state index in [1.54, 1.807) is 0 Å². The van der Waals surface area contributed by atoms with Gasteiger partial charge >= 0.3 is 5.69 Å². The van der Waals surface area contributed by atoms with Crippen molar-refractivity contribution in [3.8, 4) is 11.8 Å². The molecule has 3 atom stereocenters. The molecule has 1 aliphatic rings. The maximum atomic E-state index is 11.8. The molecule has 120 valence electrons. The zero-order valence-electron chi connectivity index (χ0n) is 12.3. The van der Waals surface area contributed by atoms with Gasteiger partial charge in [0, 0.05) is 12.8 Å². The van der Waals surface area contributed by atoms with Crippen LogP contribution in [0, 0.1) is 11.8 Å². The van der Waals surface area contributed by atoms with Crippen LogP contribution in [0.3, 0.4) is 0 Å². The molecule has 8 heteroatoms. The third kappa shape index (κ3) is 3.62. The molecule has 1 saturated heterocycles. The summed E-state index contributed by atoms with van der Waals surface area (Å²) >= 11 is 0. The molecule has 2 rings (SSSR count). The van der Waals surface area contributed by atoms with Crippen molar-refractivity contribution < 1.29 is 14.9 Å². The SMILES string of the molecule is CCCCC#Cc1nn([C@@H]2CC(O)[C@H](CO)O2)c(=O)[nH]c1=O. The lowest BCUT2D eigenvalue weighted by molar-refractivity contribution is -0.0507. The standard InChI is InChI=1S/C14H19N3O5/c1-2-3-4-5-6-9-13(20)15-14(21)17(16-9)12-7-10(19)11(8-18)22-12/h10-12,18-19H,2-4,7-8H2,1H3,(H,15,20,21)/t10?,11-,12-/m0/s1. The van der Waals surface area contributed by atoms with Gasteiger partial charge in [-0.1, -0.05) is 19.3 Å². The molecule has 1 aromatic heterocycles. The molecule has 0 saturated carbocycles. The van der Waals surface area contributed by atoms with Gasteiger partial charge in [-0.25, -0.2) is 4.79 Å². The molecule has 3 N–H and O–H groups in total. The molecule has 0 bridgehead atoms. The first-order valence-electron chi connectivity index (χ1n) is 7.23. The Morgan fingerprint density at radius 2 is 2.27 bits per heavy atom. The zero-order valence-corrected chi connectivity index (χ0v) is 12.3. The van der Waals surface area contributed by atoms with Crippen molar-refractivity contribution in [1.82, 2.24) is 14.8 Å². The van der Waals surface area contributed by atoms with Gasteiger partial charge in [-0.2, -0.15) is 9.78 Å². The number of aliphatic hydroxyl groups is 2. The van der Waals surface area contributed by atoms with E-state index in [2.05, 4.69) is 21.9 Å². The summed E-state index contributed by atoms with van der Waals surface area (Å²) in [5.74, 6) is 5.47. The summed E-state index contributed by atoms with van der Waals surface area (Å²) < 4.78 is 6.31. The summed E-state index contributed by atoms with van der Waals surface area (Å²) in [6, 6.07) is 0. The van der Waals surface area contributed by atoms with Crippen LogP contribution in [0.2, 0.25) is 0 Å². The van der Waals surface area contributed by atoms with Gasteiger partial charge in [0.1, 0.15) is 6.10 Å². The minimum Gasteiger partial charge on any atom is -0.394 e. The summed E-state index contributed by atoms with van der Waals surface area (Å²) in [5.41, 5.74) is -1.45. The molecule has 1 unspecified atom stereocenters. The molecule has 22 heavy (non-hydrogen) atoms. The number of hydrogen-bond acceptors (Lipinski definition) is 6. The van der Waals surface area contributed by atoms with Crippen molar-refractivity contribution in [2.24, 2.45) is 0 Å². The van der Waals surface area contributed by atoms with Gasteiger partial charge in [0.15, 0.2) is 11.9 Å². The first kappa shape index (κ1) is 16.4. The van der Waals surface area contributed by atoms with Gasteiger partial charge in [-0.3, -0.25) is 9.78 Å². The van der Waals surface area contributed by atoms with Crippen LogP contribution in [0.5, 0.6) is 0 Å². The largest absolute Gasteiger partial charge is 0.394 e. The minimum absolute atomic E-state index is 0.0683. The molecule has 0 radical (unpaired) electrons. The van der Waals surface area contributed by atoms with Crippen molar-refractivity contribution in [3.05, 3.63) is 26.5 Å². The van der Waals surface area contributed by atoms with E-state index in [1.165, 1.54) is 0 Å². The molecule has 0 amide bonds. The van der Waals surface area contributed by atoms with E-state index in [-0.39, 0.29) is 18.7 Å². The van der Waals surface area contributed by atoms with Crippen LogP contribution in [-0.4, -0.2) is 43.8 Å². The number of rotatable bonds is 4. The number of nitrogens with one attached hydrogen (secondary N) is 1. The molecule has 1 fully saturated rings. The highest BCUT2D eigenvalue weighted by molar-refractivity contribution is 5.23. The number of aromatic amines is 1. The normalized spacial score (nSPS) is 24.0. The van der Waals surface area contributed by atoms with Crippen molar-refractivity contribution in [1.29, 1.82) is 0 Å². The third-order valence-corrected chi connectivity index (χ3v) is 3.37. The molecule has 0 spiro atoms. The first-order valence-corrected chi connectivity index (χ1v) is 7.23. The maximum absolute atomic E-state index is 11.8. The third-order valence-electron chi connectivity index (χ3n) is 3.37. The lowest BCUT2D eigenvalue weighted by atomic mass is 10.2. The number of aromatic nitrogens is 3. The smallest absolute Gasteiger partial charge is 0.347 e. The molecular weight excluding hydrogens is 290 g/mol. The molecule has 1 aliphatic heterocycles. The van der Waals surface area contributed by atoms with Crippen LogP contribution in [0.4, 0.5) is 0 Å². The second kappa shape index (κ2) is 7.35. The predicted molar refractivity (Wildman–Crippen MR) is 77.1 cm³/mol. The highest BCUT2D eigenvalue weighted by atomic mass is 16.5. The number of H-pyrrole nitrogens is 1. The number of aliphatic hydroxyl groups excluding tert-OH is 2. The Labute approximate surface area is 126 Å². The Morgan fingerprint density at radius 1 is 1.50 bits per heavy atom. The first-order chi connectivity index (χ1) is 10.6. The quantitative estimate of drug-likeness (QED) is 0.491. The number of hydrogen-bond donors (Lipinski definition) is 3. The van der Waals surface area contributed by atoms with Crippen LogP contribution in [0.1, 0.15) is 44.5 Å².